The first-order valence-electron chi connectivity index (χ1n) is 5.06. The fourth-order valence-corrected chi connectivity index (χ4v) is 3.30. The van der Waals surface area contributed by atoms with Crippen molar-refractivity contribution in [1.82, 2.24) is 10.2 Å². The summed E-state index contributed by atoms with van der Waals surface area (Å²) in [5.74, 6) is 0.191. The van der Waals surface area contributed by atoms with Crippen LogP contribution in [0.3, 0.4) is 0 Å². The summed E-state index contributed by atoms with van der Waals surface area (Å²) in [4.78, 5) is 0. The van der Waals surface area contributed by atoms with Gasteiger partial charge in [-0.3, -0.25) is 5.41 Å². The van der Waals surface area contributed by atoms with Gasteiger partial charge in [0.25, 0.3) is 0 Å². The highest BCUT2D eigenvalue weighted by Crippen LogP contribution is 2.37. The number of aromatic nitrogens is 2. The number of amidine groups is 1. The van der Waals surface area contributed by atoms with Crippen LogP contribution in [0.4, 0.5) is 0 Å². The van der Waals surface area contributed by atoms with Gasteiger partial charge in [0.2, 0.25) is 0 Å². The first kappa shape index (κ1) is 12.1. The van der Waals surface area contributed by atoms with E-state index in [-0.39, 0.29) is 11.1 Å². The van der Waals surface area contributed by atoms with E-state index in [1.165, 1.54) is 11.3 Å². The molecule has 0 radical (unpaired) electrons. The number of nitrogens with zero attached hydrogens (tertiary/aromatic N) is 2. The van der Waals surface area contributed by atoms with Crippen molar-refractivity contribution in [3.8, 4) is 0 Å². The van der Waals surface area contributed by atoms with Crippen LogP contribution in [0, 0.1) is 5.41 Å². The van der Waals surface area contributed by atoms with Gasteiger partial charge in [-0.2, -0.15) is 0 Å². The van der Waals surface area contributed by atoms with Crippen molar-refractivity contribution in [2.24, 2.45) is 5.73 Å². The lowest BCUT2D eigenvalue weighted by Gasteiger charge is -2.14. The highest BCUT2D eigenvalue weighted by atomic mass is 32.2. The maximum Gasteiger partial charge on any atom is 0.174 e. The molecule has 0 fully saturated rings. The molecule has 1 aromatic carbocycles. The van der Waals surface area contributed by atoms with Gasteiger partial charge in [0.1, 0.15) is 5.51 Å². The van der Waals surface area contributed by atoms with Crippen LogP contribution in [0.1, 0.15) is 17.2 Å². The third-order valence-corrected chi connectivity index (χ3v) is 4.23. The number of nitrogens with one attached hydrogen (secondary N) is 1. The quantitative estimate of drug-likeness (QED) is 0.494. The summed E-state index contributed by atoms with van der Waals surface area (Å²) in [6.07, 6.45) is 0.522. The number of hydrogen-bond donors (Lipinski definition) is 2. The standard InChI is InChI=1S/C11H12N4S2/c12-10(13)6-9(8-4-2-1-3-5-8)17-11-15-14-7-16-11/h1-5,7,9H,6H2,(H3,12,13). The number of hydrogen-bond acceptors (Lipinski definition) is 5. The molecule has 1 unspecified atom stereocenters. The molecule has 1 atom stereocenters. The largest absolute Gasteiger partial charge is 0.388 e. The third-order valence-electron chi connectivity index (χ3n) is 2.16. The van der Waals surface area contributed by atoms with Crippen LogP contribution in [-0.4, -0.2) is 16.0 Å². The molecular formula is C11H12N4S2. The predicted octanol–water partition coefficient (Wildman–Crippen LogP) is 2.70. The molecule has 0 aliphatic carbocycles. The van der Waals surface area contributed by atoms with Gasteiger partial charge in [-0.25, -0.2) is 0 Å². The molecule has 0 aliphatic rings. The lowest BCUT2D eigenvalue weighted by Crippen LogP contribution is -2.13. The summed E-state index contributed by atoms with van der Waals surface area (Å²) in [6, 6.07) is 10.0. The smallest absolute Gasteiger partial charge is 0.174 e. The molecule has 6 heteroatoms. The lowest BCUT2D eigenvalue weighted by molar-refractivity contribution is 0.964. The number of thioether (sulfide) groups is 1. The van der Waals surface area contributed by atoms with E-state index in [0.717, 1.165) is 9.90 Å². The second-order valence-corrected chi connectivity index (χ2v) is 5.73. The van der Waals surface area contributed by atoms with Gasteiger partial charge in [0.15, 0.2) is 4.34 Å². The van der Waals surface area contributed by atoms with Crippen LogP contribution in [0.15, 0.2) is 40.2 Å². The van der Waals surface area contributed by atoms with Crippen molar-refractivity contribution in [2.75, 3.05) is 0 Å². The van der Waals surface area contributed by atoms with E-state index in [2.05, 4.69) is 10.2 Å². The number of rotatable bonds is 5. The Morgan fingerprint density at radius 2 is 2.18 bits per heavy atom. The average Bonchev–Trinajstić information content (AvgIpc) is 2.82. The van der Waals surface area contributed by atoms with Gasteiger partial charge < -0.3 is 5.73 Å². The van der Waals surface area contributed by atoms with Gasteiger partial charge in [0, 0.05) is 11.7 Å². The van der Waals surface area contributed by atoms with Crippen molar-refractivity contribution >= 4 is 28.9 Å². The Labute approximate surface area is 108 Å². The Bertz CT molecular complexity index is 469. The minimum absolute atomic E-state index is 0.127. The van der Waals surface area contributed by atoms with E-state index in [0.29, 0.717) is 6.42 Å². The monoisotopic (exact) mass is 264 g/mol. The second kappa shape index (κ2) is 5.79. The van der Waals surface area contributed by atoms with Crippen molar-refractivity contribution in [3.05, 3.63) is 41.4 Å². The lowest BCUT2D eigenvalue weighted by atomic mass is 10.1. The Kier molecular flexibility index (Phi) is 4.11. The fraction of sp³-hybridized carbons (Fsp3) is 0.182. The molecule has 0 spiro atoms. The molecule has 4 nitrogen and oxygen atoms in total. The van der Waals surface area contributed by atoms with Crippen molar-refractivity contribution in [2.45, 2.75) is 16.0 Å². The fourth-order valence-electron chi connectivity index (χ4n) is 1.43. The molecule has 1 aromatic heterocycles. The summed E-state index contributed by atoms with van der Waals surface area (Å²) in [5, 5.41) is 15.4. The first-order chi connectivity index (χ1) is 8.25. The van der Waals surface area contributed by atoms with Gasteiger partial charge in [-0.1, -0.05) is 53.4 Å². The highest BCUT2D eigenvalue weighted by Gasteiger charge is 2.15. The van der Waals surface area contributed by atoms with Crippen LogP contribution >= 0.6 is 23.1 Å². The highest BCUT2D eigenvalue weighted by molar-refractivity contribution is 8.01. The Balaban J connectivity index is 2.16. The van der Waals surface area contributed by atoms with Crippen LogP contribution in [0.2, 0.25) is 0 Å². The van der Waals surface area contributed by atoms with Crippen molar-refractivity contribution in [1.29, 1.82) is 5.41 Å². The van der Waals surface area contributed by atoms with E-state index in [1.54, 1.807) is 17.3 Å². The molecule has 0 amide bonds. The minimum atomic E-state index is 0.127. The molecule has 2 aromatic rings. The van der Waals surface area contributed by atoms with E-state index >= 15 is 0 Å². The molecule has 0 saturated heterocycles. The molecule has 2 rings (SSSR count). The molecule has 88 valence electrons. The van der Waals surface area contributed by atoms with Crippen LogP contribution < -0.4 is 5.73 Å². The van der Waals surface area contributed by atoms with Crippen LogP contribution in [0.5, 0.6) is 0 Å². The summed E-state index contributed by atoms with van der Waals surface area (Å²) in [5.41, 5.74) is 8.36. The molecule has 1 heterocycles. The van der Waals surface area contributed by atoms with Gasteiger partial charge in [-0.05, 0) is 5.56 Å². The zero-order chi connectivity index (χ0) is 12.1. The van der Waals surface area contributed by atoms with Gasteiger partial charge in [-0.15, -0.1) is 10.2 Å². The average molecular weight is 264 g/mol. The minimum Gasteiger partial charge on any atom is -0.388 e. The third kappa shape index (κ3) is 3.54. The van der Waals surface area contributed by atoms with Crippen LogP contribution in [0.25, 0.3) is 0 Å². The predicted molar refractivity (Wildman–Crippen MR) is 71.5 cm³/mol. The van der Waals surface area contributed by atoms with E-state index < -0.39 is 0 Å². The van der Waals surface area contributed by atoms with E-state index in [4.69, 9.17) is 11.1 Å². The molecular weight excluding hydrogens is 252 g/mol. The zero-order valence-electron chi connectivity index (χ0n) is 9.04. The molecule has 0 bridgehead atoms. The van der Waals surface area contributed by atoms with Crippen LogP contribution in [-0.2, 0) is 0 Å². The zero-order valence-corrected chi connectivity index (χ0v) is 10.7. The Morgan fingerprint density at radius 1 is 1.41 bits per heavy atom. The summed E-state index contributed by atoms with van der Waals surface area (Å²) < 4.78 is 0.903. The van der Waals surface area contributed by atoms with Crippen molar-refractivity contribution < 1.29 is 0 Å². The summed E-state index contributed by atoms with van der Waals surface area (Å²) in [6.45, 7) is 0. The Morgan fingerprint density at radius 3 is 2.76 bits per heavy atom. The number of benzene rings is 1. The Hall–Kier alpha value is -1.40. The second-order valence-electron chi connectivity index (χ2n) is 3.45. The van der Waals surface area contributed by atoms with Gasteiger partial charge >= 0.3 is 0 Å². The summed E-state index contributed by atoms with van der Waals surface area (Å²) >= 11 is 3.10. The molecule has 17 heavy (non-hydrogen) atoms. The van der Waals surface area contributed by atoms with Gasteiger partial charge in [0.05, 0.1) is 5.84 Å². The number of nitrogens with two attached hydrogens (primary N) is 1. The molecule has 3 N–H and O–H groups in total. The SMILES string of the molecule is N=C(N)CC(Sc1nncs1)c1ccccc1. The first-order valence-corrected chi connectivity index (χ1v) is 6.82. The van der Waals surface area contributed by atoms with E-state index in [1.807, 2.05) is 30.3 Å². The maximum absolute atomic E-state index is 7.43. The van der Waals surface area contributed by atoms with E-state index in [9.17, 15) is 0 Å². The topological polar surface area (TPSA) is 75.7 Å². The maximum atomic E-state index is 7.43. The summed E-state index contributed by atoms with van der Waals surface area (Å²) in [7, 11) is 0. The van der Waals surface area contributed by atoms with Crippen molar-refractivity contribution in [3.63, 3.8) is 0 Å². The molecule has 0 saturated carbocycles. The molecule has 0 aliphatic heterocycles. The normalized spacial score (nSPS) is 12.2.